The van der Waals surface area contributed by atoms with Gasteiger partial charge in [0.25, 0.3) is 0 Å². The molecule has 1 fully saturated rings. The summed E-state index contributed by atoms with van der Waals surface area (Å²) in [6.45, 7) is 3.53. The highest BCUT2D eigenvalue weighted by Gasteiger charge is 2.17. The van der Waals surface area contributed by atoms with Crippen molar-refractivity contribution in [3.05, 3.63) is 0 Å². The number of carbonyl (C=O) groups is 1. The van der Waals surface area contributed by atoms with Gasteiger partial charge in [-0.05, 0) is 12.8 Å². The van der Waals surface area contributed by atoms with E-state index in [4.69, 9.17) is 6.42 Å². The molecule has 0 aromatic carbocycles. The molecule has 1 rings (SSSR count). The zero-order valence-electron chi connectivity index (χ0n) is 9.87. The topological polar surface area (TPSA) is 41.6 Å². The average Bonchev–Trinajstić information content (AvgIpc) is 2.31. The number of likely N-dealkylation sites (tertiary alicyclic amines) is 1. The lowest BCUT2D eigenvalue weighted by atomic mass is 10.1. The molecule has 1 aliphatic rings. The van der Waals surface area contributed by atoms with Gasteiger partial charge >= 0.3 is 5.97 Å². The van der Waals surface area contributed by atoms with Crippen LogP contribution in [0.1, 0.15) is 19.3 Å². The van der Waals surface area contributed by atoms with Crippen molar-refractivity contribution in [2.75, 3.05) is 33.3 Å². The first-order chi connectivity index (χ1) is 7.76. The Hall–Kier alpha value is -1.05. The number of esters is 1. The van der Waals surface area contributed by atoms with E-state index < -0.39 is 0 Å². The van der Waals surface area contributed by atoms with E-state index in [-0.39, 0.29) is 5.97 Å². The molecule has 16 heavy (non-hydrogen) atoms. The molecule has 0 amide bonds. The number of nitrogens with one attached hydrogen (secondary N) is 1. The van der Waals surface area contributed by atoms with E-state index in [0.29, 0.717) is 19.0 Å². The second-order valence-electron chi connectivity index (χ2n) is 4.03. The lowest BCUT2D eigenvalue weighted by Crippen LogP contribution is -2.43. The highest BCUT2D eigenvalue weighted by molar-refractivity contribution is 5.69. The third kappa shape index (κ3) is 4.65. The molecule has 0 aromatic heterocycles. The van der Waals surface area contributed by atoms with Crippen molar-refractivity contribution < 1.29 is 9.53 Å². The zero-order chi connectivity index (χ0) is 11.8. The maximum absolute atomic E-state index is 10.9. The van der Waals surface area contributed by atoms with Crippen molar-refractivity contribution in [2.45, 2.75) is 25.3 Å². The standard InChI is InChI=1S/C12H20N2O2/c1-3-8-14-9-5-11(6-10-14)13-7-4-12(15)16-2/h1,11,13H,4-10H2,2H3. The van der Waals surface area contributed by atoms with Crippen molar-refractivity contribution in [2.24, 2.45) is 0 Å². The Kier molecular flexibility index (Phi) is 5.91. The molecule has 90 valence electrons. The second-order valence-corrected chi connectivity index (χ2v) is 4.03. The Morgan fingerprint density at radius 3 is 2.81 bits per heavy atom. The SMILES string of the molecule is C#CCN1CCC(NCCC(=O)OC)CC1. The highest BCUT2D eigenvalue weighted by Crippen LogP contribution is 2.09. The Bertz CT molecular complexity index is 252. The van der Waals surface area contributed by atoms with Gasteiger partial charge in [-0.15, -0.1) is 6.42 Å². The van der Waals surface area contributed by atoms with Gasteiger partial charge in [0.05, 0.1) is 20.1 Å². The van der Waals surface area contributed by atoms with Gasteiger partial charge in [0.15, 0.2) is 0 Å². The average molecular weight is 224 g/mol. The van der Waals surface area contributed by atoms with E-state index >= 15 is 0 Å². The fourth-order valence-electron chi connectivity index (χ4n) is 1.90. The summed E-state index contributed by atoms with van der Waals surface area (Å²) in [5.41, 5.74) is 0. The molecular weight excluding hydrogens is 204 g/mol. The van der Waals surface area contributed by atoms with Crippen LogP contribution in [0.4, 0.5) is 0 Å². The van der Waals surface area contributed by atoms with Gasteiger partial charge in [0, 0.05) is 25.7 Å². The summed E-state index contributed by atoms with van der Waals surface area (Å²) < 4.78 is 4.58. The molecule has 0 spiro atoms. The minimum absolute atomic E-state index is 0.155. The van der Waals surface area contributed by atoms with E-state index in [2.05, 4.69) is 20.9 Å². The molecule has 1 N–H and O–H groups in total. The van der Waals surface area contributed by atoms with E-state index in [1.165, 1.54) is 7.11 Å². The molecule has 0 bridgehead atoms. The van der Waals surface area contributed by atoms with Crippen LogP contribution in [0, 0.1) is 12.3 Å². The molecule has 4 heteroatoms. The normalized spacial score (nSPS) is 18.0. The van der Waals surface area contributed by atoms with Gasteiger partial charge in [0.2, 0.25) is 0 Å². The van der Waals surface area contributed by atoms with Crippen LogP contribution in [0.15, 0.2) is 0 Å². The minimum atomic E-state index is -0.155. The summed E-state index contributed by atoms with van der Waals surface area (Å²) in [5.74, 6) is 2.51. The summed E-state index contributed by atoms with van der Waals surface area (Å²) in [6.07, 6.45) is 7.91. The molecule has 0 aliphatic carbocycles. The minimum Gasteiger partial charge on any atom is -0.469 e. The van der Waals surface area contributed by atoms with Crippen molar-refractivity contribution in [3.8, 4) is 12.3 Å². The molecule has 0 unspecified atom stereocenters. The van der Waals surface area contributed by atoms with Crippen LogP contribution in [0.2, 0.25) is 0 Å². The van der Waals surface area contributed by atoms with E-state index in [0.717, 1.165) is 32.5 Å². The number of methoxy groups -OCH3 is 1. The number of ether oxygens (including phenoxy) is 1. The highest BCUT2D eigenvalue weighted by atomic mass is 16.5. The fraction of sp³-hybridized carbons (Fsp3) is 0.750. The van der Waals surface area contributed by atoms with Crippen LogP contribution >= 0.6 is 0 Å². The number of carbonyl (C=O) groups excluding carboxylic acids is 1. The van der Waals surface area contributed by atoms with Gasteiger partial charge in [-0.3, -0.25) is 9.69 Å². The number of hydrogen-bond acceptors (Lipinski definition) is 4. The van der Waals surface area contributed by atoms with Crippen molar-refractivity contribution in [1.82, 2.24) is 10.2 Å². The van der Waals surface area contributed by atoms with Gasteiger partial charge in [0.1, 0.15) is 0 Å². The van der Waals surface area contributed by atoms with Crippen molar-refractivity contribution in [1.29, 1.82) is 0 Å². The van der Waals surface area contributed by atoms with E-state index in [1.807, 2.05) is 0 Å². The number of terminal acetylenes is 1. The summed E-state index contributed by atoms with van der Waals surface area (Å²) >= 11 is 0. The molecular formula is C12H20N2O2. The van der Waals surface area contributed by atoms with E-state index in [1.54, 1.807) is 0 Å². The molecule has 1 heterocycles. The van der Waals surface area contributed by atoms with Crippen LogP contribution in [0.25, 0.3) is 0 Å². The lowest BCUT2D eigenvalue weighted by molar-refractivity contribution is -0.140. The van der Waals surface area contributed by atoms with Crippen LogP contribution in [-0.4, -0.2) is 50.2 Å². The molecule has 0 saturated carbocycles. The summed E-state index contributed by atoms with van der Waals surface area (Å²) in [6, 6.07) is 0.513. The first-order valence-electron chi connectivity index (χ1n) is 5.72. The zero-order valence-corrected chi connectivity index (χ0v) is 9.87. The van der Waals surface area contributed by atoms with Crippen molar-refractivity contribution in [3.63, 3.8) is 0 Å². The summed E-state index contributed by atoms with van der Waals surface area (Å²) in [4.78, 5) is 13.2. The maximum atomic E-state index is 10.9. The number of nitrogens with zero attached hydrogens (tertiary/aromatic N) is 1. The largest absolute Gasteiger partial charge is 0.469 e. The monoisotopic (exact) mass is 224 g/mol. The smallest absolute Gasteiger partial charge is 0.306 e. The Labute approximate surface area is 97.3 Å². The third-order valence-electron chi connectivity index (χ3n) is 2.89. The van der Waals surface area contributed by atoms with Crippen LogP contribution in [0.5, 0.6) is 0 Å². The molecule has 0 radical (unpaired) electrons. The van der Waals surface area contributed by atoms with Crippen molar-refractivity contribution >= 4 is 5.97 Å². The number of hydrogen-bond donors (Lipinski definition) is 1. The lowest BCUT2D eigenvalue weighted by Gasteiger charge is -2.31. The predicted molar refractivity (Wildman–Crippen MR) is 62.9 cm³/mol. The van der Waals surface area contributed by atoms with Gasteiger partial charge in [-0.2, -0.15) is 0 Å². The summed E-state index contributed by atoms with van der Waals surface area (Å²) in [7, 11) is 1.42. The van der Waals surface area contributed by atoms with E-state index in [9.17, 15) is 4.79 Å². The molecule has 0 atom stereocenters. The second kappa shape index (κ2) is 7.26. The first kappa shape index (κ1) is 13.0. The van der Waals surface area contributed by atoms with Gasteiger partial charge in [-0.1, -0.05) is 5.92 Å². The Morgan fingerprint density at radius 2 is 2.25 bits per heavy atom. The van der Waals surface area contributed by atoms with Gasteiger partial charge < -0.3 is 10.1 Å². The Morgan fingerprint density at radius 1 is 1.56 bits per heavy atom. The Balaban J connectivity index is 2.08. The summed E-state index contributed by atoms with van der Waals surface area (Å²) in [5, 5.41) is 3.37. The maximum Gasteiger partial charge on any atom is 0.306 e. The number of rotatable bonds is 5. The van der Waals surface area contributed by atoms with Crippen LogP contribution in [-0.2, 0) is 9.53 Å². The molecule has 4 nitrogen and oxygen atoms in total. The first-order valence-corrected chi connectivity index (χ1v) is 5.72. The number of piperidine rings is 1. The molecule has 1 saturated heterocycles. The molecule has 1 aliphatic heterocycles. The fourth-order valence-corrected chi connectivity index (χ4v) is 1.90. The van der Waals surface area contributed by atoms with Gasteiger partial charge in [-0.25, -0.2) is 0 Å². The third-order valence-corrected chi connectivity index (χ3v) is 2.89. The molecule has 0 aromatic rings. The predicted octanol–water partition coefficient (Wildman–Crippen LogP) is 0.237. The van der Waals surface area contributed by atoms with Crippen LogP contribution in [0.3, 0.4) is 0 Å². The van der Waals surface area contributed by atoms with Crippen LogP contribution < -0.4 is 5.32 Å². The quantitative estimate of drug-likeness (QED) is 0.536.